The Kier molecular flexibility index (Phi) is 2.71. The Morgan fingerprint density at radius 1 is 1.20 bits per heavy atom. The fourth-order valence-electron chi connectivity index (χ4n) is 2.30. The standard InChI is InChI=1S/C10H17F3N2/c1-14-6-7-15(5-4-10(11,12)13)8-9(14)2-3-9/h2-8H2,1H3. The van der Waals surface area contributed by atoms with Crippen LogP contribution in [0.2, 0.25) is 0 Å². The van der Waals surface area contributed by atoms with Crippen LogP contribution in [0.3, 0.4) is 0 Å². The van der Waals surface area contributed by atoms with Crippen LogP contribution in [-0.4, -0.2) is 54.7 Å². The van der Waals surface area contributed by atoms with Crippen molar-refractivity contribution in [2.75, 3.05) is 33.2 Å². The first-order valence-corrected chi connectivity index (χ1v) is 5.42. The Labute approximate surface area is 88.0 Å². The fraction of sp³-hybridized carbons (Fsp3) is 1.00. The van der Waals surface area contributed by atoms with Crippen LogP contribution in [0.1, 0.15) is 19.3 Å². The molecule has 0 aromatic rings. The van der Waals surface area contributed by atoms with E-state index in [2.05, 4.69) is 11.9 Å². The fourth-order valence-corrected chi connectivity index (χ4v) is 2.30. The predicted molar refractivity (Wildman–Crippen MR) is 51.7 cm³/mol. The number of rotatable bonds is 2. The van der Waals surface area contributed by atoms with E-state index in [9.17, 15) is 13.2 Å². The Balaban J connectivity index is 1.80. The molecule has 1 saturated heterocycles. The maximum absolute atomic E-state index is 12.1. The van der Waals surface area contributed by atoms with Crippen molar-refractivity contribution in [3.63, 3.8) is 0 Å². The molecule has 0 atom stereocenters. The van der Waals surface area contributed by atoms with Crippen molar-refractivity contribution < 1.29 is 13.2 Å². The lowest BCUT2D eigenvalue weighted by Gasteiger charge is -2.40. The molecule has 0 N–H and O–H groups in total. The van der Waals surface area contributed by atoms with Gasteiger partial charge in [0, 0.05) is 31.7 Å². The largest absolute Gasteiger partial charge is 0.390 e. The minimum absolute atomic E-state index is 0.166. The van der Waals surface area contributed by atoms with Crippen molar-refractivity contribution >= 4 is 0 Å². The SMILES string of the molecule is CN1CCN(CCC(F)(F)F)CC12CC2. The molecule has 88 valence electrons. The number of nitrogens with zero attached hydrogens (tertiary/aromatic N) is 2. The highest BCUT2D eigenvalue weighted by atomic mass is 19.4. The zero-order valence-corrected chi connectivity index (χ0v) is 8.98. The monoisotopic (exact) mass is 222 g/mol. The van der Waals surface area contributed by atoms with E-state index in [1.807, 2.05) is 4.90 Å². The Hall–Kier alpha value is -0.290. The summed E-state index contributed by atoms with van der Waals surface area (Å²) >= 11 is 0. The Morgan fingerprint density at radius 2 is 1.87 bits per heavy atom. The highest BCUT2D eigenvalue weighted by Gasteiger charge is 2.49. The molecule has 0 aromatic heterocycles. The van der Waals surface area contributed by atoms with Crippen molar-refractivity contribution in [3.05, 3.63) is 0 Å². The van der Waals surface area contributed by atoms with E-state index in [0.717, 1.165) is 32.5 Å². The molecule has 0 unspecified atom stereocenters. The van der Waals surface area contributed by atoms with Crippen LogP contribution in [-0.2, 0) is 0 Å². The van der Waals surface area contributed by atoms with Gasteiger partial charge in [-0.25, -0.2) is 0 Å². The number of halogens is 3. The Bertz CT molecular complexity index is 235. The van der Waals surface area contributed by atoms with Gasteiger partial charge in [0.25, 0.3) is 0 Å². The summed E-state index contributed by atoms with van der Waals surface area (Å²) < 4.78 is 36.2. The van der Waals surface area contributed by atoms with E-state index in [4.69, 9.17) is 0 Å². The topological polar surface area (TPSA) is 6.48 Å². The number of alkyl halides is 3. The molecule has 0 radical (unpaired) electrons. The zero-order valence-electron chi connectivity index (χ0n) is 8.98. The maximum Gasteiger partial charge on any atom is 0.390 e. The molecule has 2 aliphatic rings. The summed E-state index contributed by atoms with van der Waals surface area (Å²) in [5, 5.41) is 0. The summed E-state index contributed by atoms with van der Waals surface area (Å²) in [6, 6.07) is 0. The van der Waals surface area contributed by atoms with Crippen LogP contribution in [0, 0.1) is 0 Å². The van der Waals surface area contributed by atoms with E-state index < -0.39 is 12.6 Å². The average molecular weight is 222 g/mol. The van der Waals surface area contributed by atoms with E-state index in [1.54, 1.807) is 0 Å². The van der Waals surface area contributed by atoms with Crippen molar-refractivity contribution in [3.8, 4) is 0 Å². The van der Waals surface area contributed by atoms with Gasteiger partial charge in [-0.2, -0.15) is 13.2 Å². The number of likely N-dealkylation sites (N-methyl/N-ethyl adjacent to an activating group) is 1. The van der Waals surface area contributed by atoms with Crippen LogP contribution < -0.4 is 0 Å². The van der Waals surface area contributed by atoms with Crippen LogP contribution in [0.5, 0.6) is 0 Å². The minimum Gasteiger partial charge on any atom is -0.300 e. The summed E-state index contributed by atoms with van der Waals surface area (Å²) in [4.78, 5) is 4.26. The van der Waals surface area contributed by atoms with Gasteiger partial charge in [-0.1, -0.05) is 0 Å². The first-order chi connectivity index (χ1) is 6.91. The molecule has 1 saturated carbocycles. The Morgan fingerprint density at radius 3 is 2.40 bits per heavy atom. The van der Waals surface area contributed by atoms with Gasteiger partial charge in [-0.15, -0.1) is 0 Å². The molecular formula is C10H17F3N2. The molecule has 15 heavy (non-hydrogen) atoms. The second-order valence-electron chi connectivity index (χ2n) is 4.79. The first-order valence-electron chi connectivity index (χ1n) is 5.42. The smallest absolute Gasteiger partial charge is 0.300 e. The van der Waals surface area contributed by atoms with Gasteiger partial charge in [0.1, 0.15) is 0 Å². The second kappa shape index (κ2) is 3.63. The predicted octanol–water partition coefficient (Wildman–Crippen LogP) is 1.72. The van der Waals surface area contributed by atoms with Crippen molar-refractivity contribution in [2.24, 2.45) is 0 Å². The third-order valence-electron chi connectivity index (χ3n) is 3.62. The number of hydrogen-bond acceptors (Lipinski definition) is 2. The minimum atomic E-state index is -4.01. The number of piperazine rings is 1. The summed E-state index contributed by atoms with van der Waals surface area (Å²) in [6.45, 7) is 2.66. The third-order valence-corrected chi connectivity index (χ3v) is 3.62. The molecule has 2 nitrogen and oxygen atoms in total. The third kappa shape index (κ3) is 2.64. The highest BCUT2D eigenvalue weighted by Crippen LogP contribution is 2.43. The molecule has 0 amide bonds. The molecule has 1 spiro atoms. The van der Waals surface area contributed by atoms with Gasteiger partial charge in [0.2, 0.25) is 0 Å². The van der Waals surface area contributed by atoms with Crippen LogP contribution in [0.4, 0.5) is 13.2 Å². The van der Waals surface area contributed by atoms with Gasteiger partial charge < -0.3 is 0 Å². The quantitative estimate of drug-likeness (QED) is 0.702. The normalized spacial score (nSPS) is 27.2. The summed E-state index contributed by atoms with van der Waals surface area (Å²) in [5.74, 6) is 0. The molecule has 1 aliphatic heterocycles. The molecule has 0 aromatic carbocycles. The average Bonchev–Trinajstić information content (AvgIpc) is 2.88. The summed E-state index contributed by atoms with van der Waals surface area (Å²) in [7, 11) is 2.08. The molecule has 1 heterocycles. The molecule has 0 bridgehead atoms. The molecule has 5 heteroatoms. The summed E-state index contributed by atoms with van der Waals surface area (Å²) in [6.07, 6.45) is -2.40. The van der Waals surface area contributed by atoms with Gasteiger partial charge in [-0.05, 0) is 19.9 Å². The van der Waals surface area contributed by atoms with Gasteiger partial charge in [0.15, 0.2) is 0 Å². The highest BCUT2D eigenvalue weighted by molar-refractivity contribution is 5.07. The number of hydrogen-bond donors (Lipinski definition) is 0. The van der Waals surface area contributed by atoms with Gasteiger partial charge >= 0.3 is 6.18 Å². The lowest BCUT2D eigenvalue weighted by molar-refractivity contribution is -0.139. The molecule has 2 rings (SSSR count). The molecular weight excluding hydrogens is 205 g/mol. The molecule has 2 fully saturated rings. The van der Waals surface area contributed by atoms with E-state index >= 15 is 0 Å². The van der Waals surface area contributed by atoms with E-state index in [1.165, 1.54) is 0 Å². The van der Waals surface area contributed by atoms with E-state index in [-0.39, 0.29) is 12.1 Å². The van der Waals surface area contributed by atoms with Crippen LogP contribution in [0.15, 0.2) is 0 Å². The first kappa shape index (κ1) is 11.2. The van der Waals surface area contributed by atoms with Gasteiger partial charge in [0.05, 0.1) is 6.42 Å². The van der Waals surface area contributed by atoms with Crippen molar-refractivity contribution in [1.82, 2.24) is 9.80 Å². The maximum atomic E-state index is 12.1. The zero-order chi connectivity index (χ0) is 11.1. The van der Waals surface area contributed by atoms with Crippen molar-refractivity contribution in [2.45, 2.75) is 31.0 Å². The van der Waals surface area contributed by atoms with Gasteiger partial charge in [-0.3, -0.25) is 9.80 Å². The lowest BCUT2D eigenvalue weighted by atomic mass is 10.1. The van der Waals surface area contributed by atoms with Crippen LogP contribution >= 0.6 is 0 Å². The lowest BCUT2D eigenvalue weighted by Crippen LogP contribution is -2.53. The van der Waals surface area contributed by atoms with Crippen molar-refractivity contribution in [1.29, 1.82) is 0 Å². The van der Waals surface area contributed by atoms with Crippen LogP contribution in [0.25, 0.3) is 0 Å². The second-order valence-corrected chi connectivity index (χ2v) is 4.79. The molecule has 1 aliphatic carbocycles. The summed E-state index contributed by atoms with van der Waals surface area (Å²) in [5.41, 5.74) is 0.226. The van der Waals surface area contributed by atoms with E-state index in [0.29, 0.717) is 0 Å².